The zero-order valence-corrected chi connectivity index (χ0v) is 22.2. The van der Waals surface area contributed by atoms with Crippen molar-refractivity contribution >= 4 is 23.6 Å². The first-order valence-electron chi connectivity index (χ1n) is 13.9. The second-order valence-electron chi connectivity index (χ2n) is 10.8. The van der Waals surface area contributed by atoms with Crippen LogP contribution in [0.3, 0.4) is 0 Å². The maximum absolute atomic E-state index is 13.4. The van der Waals surface area contributed by atoms with Gasteiger partial charge < -0.3 is 21.3 Å². The largest absolute Gasteiger partial charge is 0.347 e. The SMILES string of the molecule is [N-]=[N+]=NCc1cc2cc(c1)C(=O)N[C@@H]1CCCC[C@H]1NC(=O)c1cccc(c1)C(=O)N[C@@H]1CCCC[C@H]1NC2=O. The van der Waals surface area contributed by atoms with Crippen LogP contribution >= 0.6 is 0 Å². The van der Waals surface area contributed by atoms with E-state index in [-0.39, 0.29) is 65.5 Å². The molecule has 5 rings (SSSR count). The molecular formula is C29H33N7O4. The van der Waals surface area contributed by atoms with E-state index >= 15 is 0 Å². The van der Waals surface area contributed by atoms with Gasteiger partial charge in [-0.2, -0.15) is 0 Å². The Morgan fingerprint density at radius 1 is 0.625 bits per heavy atom. The van der Waals surface area contributed by atoms with Crippen LogP contribution in [0.2, 0.25) is 0 Å². The Morgan fingerprint density at radius 2 is 1.00 bits per heavy atom. The van der Waals surface area contributed by atoms with E-state index in [1.165, 1.54) is 6.07 Å². The second kappa shape index (κ2) is 12.2. The van der Waals surface area contributed by atoms with Gasteiger partial charge in [-0.25, -0.2) is 0 Å². The normalized spacial score (nSPS) is 25.3. The molecule has 1 heterocycles. The zero-order chi connectivity index (χ0) is 28.1. The molecule has 4 atom stereocenters. The van der Waals surface area contributed by atoms with Gasteiger partial charge in [0.05, 0.1) is 6.54 Å². The first-order chi connectivity index (χ1) is 19.4. The minimum Gasteiger partial charge on any atom is -0.347 e. The number of amides is 4. The molecule has 4 N–H and O–H groups in total. The Morgan fingerprint density at radius 3 is 1.40 bits per heavy atom. The number of hydrogen-bond donors (Lipinski definition) is 4. The molecule has 2 aliphatic carbocycles. The zero-order valence-electron chi connectivity index (χ0n) is 22.2. The van der Waals surface area contributed by atoms with Crippen molar-refractivity contribution in [2.45, 2.75) is 82.1 Å². The van der Waals surface area contributed by atoms with Gasteiger partial charge in [-0.15, -0.1) is 0 Å². The molecule has 0 aromatic heterocycles. The molecule has 2 aromatic carbocycles. The fourth-order valence-corrected chi connectivity index (χ4v) is 5.92. The third kappa shape index (κ3) is 6.26. The molecule has 2 saturated carbocycles. The molecule has 11 heteroatoms. The molecule has 0 radical (unpaired) electrons. The summed E-state index contributed by atoms with van der Waals surface area (Å²) in [5.74, 6) is -1.34. The van der Waals surface area contributed by atoms with Crippen LogP contribution in [0.1, 0.15) is 98.4 Å². The number of azide groups is 1. The fraction of sp³-hybridized carbons (Fsp3) is 0.448. The van der Waals surface area contributed by atoms with Gasteiger partial charge in [0.25, 0.3) is 23.6 Å². The van der Waals surface area contributed by atoms with Crippen LogP contribution in [0.25, 0.3) is 10.4 Å². The predicted molar refractivity (Wildman–Crippen MR) is 148 cm³/mol. The molecule has 3 aliphatic rings. The predicted octanol–water partition coefficient (Wildman–Crippen LogP) is 3.75. The molecule has 208 valence electrons. The van der Waals surface area contributed by atoms with Crippen LogP contribution in [-0.4, -0.2) is 47.8 Å². The van der Waals surface area contributed by atoms with E-state index in [9.17, 15) is 19.2 Å². The summed E-state index contributed by atoms with van der Waals surface area (Å²) < 4.78 is 0. The van der Waals surface area contributed by atoms with E-state index in [1.807, 2.05) is 0 Å². The lowest BCUT2D eigenvalue weighted by atomic mass is 9.89. The number of nitrogens with one attached hydrogen (secondary N) is 4. The smallest absolute Gasteiger partial charge is 0.251 e. The highest BCUT2D eigenvalue weighted by molar-refractivity contribution is 6.01. The average Bonchev–Trinajstić information content (AvgIpc) is 2.97. The maximum atomic E-state index is 13.4. The summed E-state index contributed by atoms with van der Waals surface area (Å²) in [5.41, 5.74) is 10.6. The third-order valence-electron chi connectivity index (χ3n) is 8.02. The molecule has 0 saturated heterocycles. The van der Waals surface area contributed by atoms with Gasteiger partial charge in [-0.3, -0.25) is 19.2 Å². The number of benzene rings is 2. The molecule has 11 nitrogen and oxygen atoms in total. The maximum Gasteiger partial charge on any atom is 0.251 e. The van der Waals surface area contributed by atoms with Crippen LogP contribution in [-0.2, 0) is 6.54 Å². The summed E-state index contributed by atoms with van der Waals surface area (Å²) in [5, 5.41) is 15.8. The van der Waals surface area contributed by atoms with Gasteiger partial charge in [0, 0.05) is 51.3 Å². The summed E-state index contributed by atoms with van der Waals surface area (Å²) in [6.45, 7) is -0.0140. The Balaban J connectivity index is 1.53. The lowest BCUT2D eigenvalue weighted by Crippen LogP contribution is -2.53. The van der Waals surface area contributed by atoms with E-state index in [1.54, 1.807) is 36.4 Å². The second-order valence-corrected chi connectivity index (χ2v) is 10.8. The van der Waals surface area contributed by atoms with Crippen molar-refractivity contribution in [2.24, 2.45) is 5.11 Å². The van der Waals surface area contributed by atoms with Crippen molar-refractivity contribution in [3.63, 3.8) is 0 Å². The van der Waals surface area contributed by atoms with Crippen LogP contribution in [0.5, 0.6) is 0 Å². The lowest BCUT2D eigenvalue weighted by Gasteiger charge is -2.33. The lowest BCUT2D eigenvalue weighted by molar-refractivity contribution is 0.0854. The number of carbonyl (C=O) groups is 4. The first kappa shape index (κ1) is 27.2. The highest BCUT2D eigenvalue weighted by atomic mass is 16.2. The minimum absolute atomic E-state index is 0.0140. The number of fused-ring (bicyclic) bond motifs is 6. The topological polar surface area (TPSA) is 165 Å². The van der Waals surface area contributed by atoms with Crippen molar-refractivity contribution in [1.82, 2.24) is 21.3 Å². The fourth-order valence-electron chi connectivity index (χ4n) is 5.92. The Labute approximate surface area is 232 Å². The van der Waals surface area contributed by atoms with Gasteiger partial charge in [-0.1, -0.05) is 36.9 Å². The van der Waals surface area contributed by atoms with Crippen LogP contribution in [0.4, 0.5) is 0 Å². The van der Waals surface area contributed by atoms with E-state index in [4.69, 9.17) is 5.53 Å². The standard InChI is InChI=1S/C29H33N7O4/c30-36-31-16-17-12-20-15-21(13-17)29(40)35-25-11-4-2-9-23(25)33-27(38)19-7-5-6-18(14-19)26(37)32-22-8-1-3-10-24(22)34-28(20)39/h5-7,12-15,22-25H,1-4,8-11,16H2,(H,32,37)(H,33,38)(H,34,39)(H,35,40)/t22-,23-,24-,25-/m1/s1. The number of nitrogens with zero attached hydrogens (tertiary/aromatic N) is 3. The third-order valence-corrected chi connectivity index (χ3v) is 8.02. The minimum atomic E-state index is -0.367. The summed E-state index contributed by atoms with van der Waals surface area (Å²) in [6.07, 6.45) is 6.40. The Kier molecular flexibility index (Phi) is 8.31. The van der Waals surface area contributed by atoms with Gasteiger partial charge in [0.2, 0.25) is 0 Å². The van der Waals surface area contributed by atoms with E-state index in [2.05, 4.69) is 31.3 Å². The van der Waals surface area contributed by atoms with Gasteiger partial charge in [-0.05, 0) is 73.2 Å². The molecule has 2 aromatic rings. The van der Waals surface area contributed by atoms with E-state index in [0.29, 0.717) is 42.4 Å². The van der Waals surface area contributed by atoms with Crippen molar-refractivity contribution in [2.75, 3.05) is 0 Å². The summed E-state index contributed by atoms with van der Waals surface area (Å²) >= 11 is 0. The molecule has 1 aliphatic heterocycles. The average molecular weight is 544 g/mol. The van der Waals surface area contributed by atoms with Crippen LogP contribution < -0.4 is 21.3 Å². The van der Waals surface area contributed by atoms with Gasteiger partial charge in [0.1, 0.15) is 0 Å². The van der Waals surface area contributed by atoms with E-state index in [0.717, 1.165) is 25.7 Å². The van der Waals surface area contributed by atoms with Crippen LogP contribution in [0.15, 0.2) is 47.6 Å². The monoisotopic (exact) mass is 543 g/mol. The van der Waals surface area contributed by atoms with Crippen molar-refractivity contribution in [3.8, 4) is 0 Å². The van der Waals surface area contributed by atoms with Crippen molar-refractivity contribution < 1.29 is 19.2 Å². The van der Waals surface area contributed by atoms with E-state index < -0.39 is 0 Å². The molecule has 4 bridgehead atoms. The summed E-state index contributed by atoms with van der Waals surface area (Å²) in [6, 6.07) is 10.2. The number of carbonyl (C=O) groups excluding carboxylic acids is 4. The molecule has 4 amide bonds. The highest BCUT2D eigenvalue weighted by Gasteiger charge is 2.31. The number of hydrogen-bond acceptors (Lipinski definition) is 5. The molecule has 0 unspecified atom stereocenters. The Hall–Kier alpha value is -4.37. The molecular weight excluding hydrogens is 510 g/mol. The molecule has 2 fully saturated rings. The molecule has 40 heavy (non-hydrogen) atoms. The summed E-state index contributed by atoms with van der Waals surface area (Å²) in [4.78, 5) is 56.1. The van der Waals surface area contributed by atoms with Gasteiger partial charge >= 0.3 is 0 Å². The first-order valence-corrected chi connectivity index (χ1v) is 13.9. The Bertz CT molecular complexity index is 1280. The highest BCUT2D eigenvalue weighted by Crippen LogP contribution is 2.23. The quantitative estimate of drug-likeness (QED) is 0.258. The van der Waals surface area contributed by atoms with Crippen molar-refractivity contribution in [3.05, 3.63) is 80.7 Å². The van der Waals surface area contributed by atoms with Crippen LogP contribution in [0, 0.1) is 0 Å². The number of rotatable bonds is 2. The van der Waals surface area contributed by atoms with Crippen molar-refractivity contribution in [1.29, 1.82) is 0 Å². The van der Waals surface area contributed by atoms with Gasteiger partial charge in [0.15, 0.2) is 0 Å². The summed E-state index contributed by atoms with van der Waals surface area (Å²) in [7, 11) is 0. The molecule has 0 spiro atoms.